The number of amides is 1. The van der Waals surface area contributed by atoms with E-state index in [1.807, 2.05) is 32.9 Å². The van der Waals surface area contributed by atoms with Crippen molar-refractivity contribution in [2.24, 2.45) is 0 Å². The molecule has 2 N–H and O–H groups in total. The Morgan fingerprint density at radius 1 is 1.00 bits per heavy atom. The molecule has 174 valence electrons. The maximum atomic E-state index is 13.4. The molecule has 1 aromatic heterocycles. The molecule has 9 heteroatoms. The second-order valence-corrected chi connectivity index (χ2v) is 10.9. The molecule has 2 aromatic carbocycles. The van der Waals surface area contributed by atoms with Gasteiger partial charge in [0.1, 0.15) is 10.5 Å². The summed E-state index contributed by atoms with van der Waals surface area (Å²) in [4.78, 5) is 20.9. The molecule has 1 fully saturated rings. The average Bonchev–Trinajstić information content (AvgIpc) is 2.78. The number of rotatable bonds is 3. The Kier molecular flexibility index (Phi) is 5.92. The van der Waals surface area contributed by atoms with Crippen molar-refractivity contribution < 1.29 is 17.9 Å². The molecular weight excluding hydrogens is 440 g/mol. The van der Waals surface area contributed by atoms with Crippen LogP contribution in [-0.4, -0.2) is 56.2 Å². The van der Waals surface area contributed by atoms with Crippen molar-refractivity contribution in [3.05, 3.63) is 54.7 Å². The van der Waals surface area contributed by atoms with Gasteiger partial charge < -0.3 is 20.3 Å². The Bertz CT molecular complexity index is 1280. The van der Waals surface area contributed by atoms with Crippen LogP contribution in [0.15, 0.2) is 64.5 Å². The lowest BCUT2D eigenvalue weighted by atomic mass is 10.1. The summed E-state index contributed by atoms with van der Waals surface area (Å²) in [6.45, 7) is 7.67. The van der Waals surface area contributed by atoms with Crippen molar-refractivity contribution in [1.29, 1.82) is 0 Å². The second kappa shape index (κ2) is 8.55. The molecule has 3 aromatic rings. The van der Waals surface area contributed by atoms with Crippen LogP contribution in [0.3, 0.4) is 0 Å². The lowest BCUT2D eigenvalue weighted by Crippen LogP contribution is -2.50. The summed E-state index contributed by atoms with van der Waals surface area (Å²) in [7, 11) is -3.83. The van der Waals surface area contributed by atoms with Gasteiger partial charge in [-0.3, -0.25) is 4.98 Å². The number of aromatic nitrogens is 1. The van der Waals surface area contributed by atoms with Crippen molar-refractivity contribution in [2.45, 2.75) is 36.2 Å². The molecule has 4 rings (SSSR count). The predicted molar refractivity (Wildman–Crippen MR) is 128 cm³/mol. The number of sulfone groups is 1. The van der Waals surface area contributed by atoms with Gasteiger partial charge in [0.2, 0.25) is 9.84 Å². The van der Waals surface area contributed by atoms with E-state index in [0.717, 1.165) is 5.69 Å². The first-order chi connectivity index (χ1) is 15.6. The third-order valence-electron chi connectivity index (χ3n) is 5.45. The van der Waals surface area contributed by atoms with Crippen LogP contribution in [-0.2, 0) is 14.6 Å². The average molecular weight is 469 g/mol. The van der Waals surface area contributed by atoms with Gasteiger partial charge in [-0.05, 0) is 39.0 Å². The Labute approximate surface area is 193 Å². The Morgan fingerprint density at radius 2 is 1.67 bits per heavy atom. The number of fused-ring (bicyclic) bond motifs is 1. The SMILES string of the molecule is CC(C)(C)OC(=O)N1CCN(c2cccc3c(S(=O)(=O)c4ccccc4)c(N)cnc23)CC1. The van der Waals surface area contributed by atoms with Crippen molar-refractivity contribution in [3.63, 3.8) is 0 Å². The van der Waals surface area contributed by atoms with E-state index in [0.29, 0.717) is 37.1 Å². The van der Waals surface area contributed by atoms with Crippen LogP contribution in [0.5, 0.6) is 0 Å². The fraction of sp³-hybridized carbons (Fsp3) is 0.333. The molecule has 0 spiro atoms. The highest BCUT2D eigenvalue weighted by Crippen LogP contribution is 2.36. The monoisotopic (exact) mass is 468 g/mol. The maximum absolute atomic E-state index is 13.4. The van der Waals surface area contributed by atoms with Gasteiger partial charge in [-0.2, -0.15) is 0 Å². The molecule has 8 nitrogen and oxygen atoms in total. The Hall–Kier alpha value is -3.33. The molecule has 0 unspecified atom stereocenters. The lowest BCUT2D eigenvalue weighted by molar-refractivity contribution is 0.0240. The van der Waals surface area contributed by atoms with E-state index in [9.17, 15) is 13.2 Å². The number of pyridine rings is 1. The minimum atomic E-state index is -3.83. The number of benzene rings is 2. The normalized spacial score (nSPS) is 15.0. The minimum Gasteiger partial charge on any atom is -0.444 e. The standard InChI is InChI=1S/C24H28N4O4S/c1-24(2,3)32-23(29)28-14-12-27(13-15-28)20-11-7-10-18-21(20)26-16-19(25)22(18)33(30,31)17-8-5-4-6-9-17/h4-11,16H,12-15,25H2,1-3H3. The van der Waals surface area contributed by atoms with Gasteiger partial charge in [0.15, 0.2) is 0 Å². The molecule has 0 saturated carbocycles. The largest absolute Gasteiger partial charge is 0.444 e. The van der Waals surface area contributed by atoms with E-state index in [4.69, 9.17) is 10.5 Å². The third-order valence-corrected chi connectivity index (χ3v) is 7.33. The van der Waals surface area contributed by atoms with Crippen molar-refractivity contribution in [3.8, 4) is 0 Å². The number of carbonyl (C=O) groups excluding carboxylic acids is 1. The molecule has 1 saturated heterocycles. The first kappa shape index (κ1) is 22.8. The summed E-state index contributed by atoms with van der Waals surface area (Å²) in [5.74, 6) is 0. The van der Waals surface area contributed by atoms with Gasteiger partial charge in [0, 0.05) is 31.6 Å². The predicted octanol–water partition coefficient (Wildman–Crippen LogP) is 3.71. The summed E-state index contributed by atoms with van der Waals surface area (Å²) in [5.41, 5.74) is 7.06. The number of anilines is 2. The van der Waals surface area contributed by atoms with Crippen LogP contribution < -0.4 is 10.6 Å². The molecular formula is C24H28N4O4S. The van der Waals surface area contributed by atoms with Crippen LogP contribution in [0.2, 0.25) is 0 Å². The fourth-order valence-electron chi connectivity index (χ4n) is 3.93. The number of para-hydroxylation sites is 1. The van der Waals surface area contributed by atoms with Gasteiger partial charge in [-0.1, -0.05) is 30.3 Å². The van der Waals surface area contributed by atoms with E-state index < -0.39 is 15.4 Å². The highest BCUT2D eigenvalue weighted by molar-refractivity contribution is 7.92. The first-order valence-electron chi connectivity index (χ1n) is 10.8. The zero-order valence-electron chi connectivity index (χ0n) is 19.0. The summed E-state index contributed by atoms with van der Waals surface area (Å²) < 4.78 is 32.3. The number of nitrogen functional groups attached to an aromatic ring is 1. The van der Waals surface area contributed by atoms with Gasteiger partial charge >= 0.3 is 6.09 Å². The molecule has 33 heavy (non-hydrogen) atoms. The topological polar surface area (TPSA) is 106 Å². The molecule has 1 aliphatic heterocycles. The van der Waals surface area contributed by atoms with Crippen LogP contribution >= 0.6 is 0 Å². The van der Waals surface area contributed by atoms with Crippen molar-refractivity contribution >= 4 is 38.2 Å². The molecule has 0 radical (unpaired) electrons. The van der Waals surface area contributed by atoms with Crippen molar-refractivity contribution in [1.82, 2.24) is 9.88 Å². The molecule has 1 amide bonds. The van der Waals surface area contributed by atoms with Crippen LogP contribution in [0.4, 0.5) is 16.2 Å². The summed E-state index contributed by atoms with van der Waals surface area (Å²) in [6.07, 6.45) is 1.07. The van der Waals surface area contributed by atoms with Crippen LogP contribution in [0.25, 0.3) is 10.9 Å². The van der Waals surface area contributed by atoms with Gasteiger partial charge in [0.25, 0.3) is 0 Å². The highest BCUT2D eigenvalue weighted by atomic mass is 32.2. The molecule has 0 bridgehead atoms. The third kappa shape index (κ3) is 4.59. The summed E-state index contributed by atoms with van der Waals surface area (Å²) in [5, 5.41) is 0.478. The quantitative estimate of drug-likeness (QED) is 0.625. The Balaban J connectivity index is 1.67. The van der Waals surface area contributed by atoms with Crippen molar-refractivity contribution in [2.75, 3.05) is 36.8 Å². The Morgan fingerprint density at radius 3 is 2.30 bits per heavy atom. The smallest absolute Gasteiger partial charge is 0.410 e. The van der Waals surface area contributed by atoms with Gasteiger partial charge in [-0.25, -0.2) is 13.2 Å². The minimum absolute atomic E-state index is 0.0629. The summed E-state index contributed by atoms with van der Waals surface area (Å²) in [6, 6.07) is 13.7. The number of carbonyl (C=O) groups is 1. The maximum Gasteiger partial charge on any atom is 0.410 e. The van der Waals surface area contributed by atoms with E-state index in [-0.39, 0.29) is 21.6 Å². The first-order valence-corrected chi connectivity index (χ1v) is 12.3. The number of hydrogen-bond donors (Lipinski definition) is 1. The zero-order valence-corrected chi connectivity index (χ0v) is 19.8. The zero-order chi connectivity index (χ0) is 23.8. The van der Waals surface area contributed by atoms with E-state index in [1.165, 1.54) is 6.20 Å². The van der Waals surface area contributed by atoms with Gasteiger partial charge in [-0.15, -0.1) is 0 Å². The van der Waals surface area contributed by atoms with E-state index >= 15 is 0 Å². The van der Waals surface area contributed by atoms with Crippen LogP contribution in [0, 0.1) is 0 Å². The molecule has 0 atom stereocenters. The molecule has 2 heterocycles. The number of ether oxygens (including phenoxy) is 1. The lowest BCUT2D eigenvalue weighted by Gasteiger charge is -2.37. The molecule has 1 aliphatic rings. The fourth-order valence-corrected chi connectivity index (χ4v) is 5.50. The number of nitrogens with two attached hydrogens (primary N) is 1. The highest BCUT2D eigenvalue weighted by Gasteiger charge is 2.28. The van der Waals surface area contributed by atoms with E-state index in [2.05, 4.69) is 9.88 Å². The van der Waals surface area contributed by atoms with Gasteiger partial charge in [0.05, 0.1) is 28.0 Å². The summed E-state index contributed by atoms with van der Waals surface area (Å²) >= 11 is 0. The number of nitrogens with zero attached hydrogens (tertiary/aromatic N) is 3. The number of hydrogen-bond acceptors (Lipinski definition) is 7. The number of piperazine rings is 1. The second-order valence-electron chi connectivity index (χ2n) is 8.99. The van der Waals surface area contributed by atoms with Crippen LogP contribution in [0.1, 0.15) is 20.8 Å². The molecule has 0 aliphatic carbocycles. The van der Waals surface area contributed by atoms with E-state index in [1.54, 1.807) is 41.3 Å².